The molecule has 1 amide bonds. The Morgan fingerprint density at radius 2 is 2.07 bits per heavy atom. The van der Waals surface area contributed by atoms with E-state index in [1.54, 1.807) is 0 Å². The van der Waals surface area contributed by atoms with E-state index in [1.165, 1.54) is 50.5 Å². The molecule has 2 aliphatic rings. The van der Waals surface area contributed by atoms with Gasteiger partial charge in [-0.05, 0) is 74.7 Å². The molecule has 4 heteroatoms. The predicted octanol–water partition coefficient (Wildman–Crippen LogP) is 5.81. The molecule has 2 fully saturated rings. The zero-order chi connectivity index (χ0) is 20.0. The number of aryl methyl sites for hydroxylation is 1. The molecule has 0 atom stereocenters. The summed E-state index contributed by atoms with van der Waals surface area (Å²) >= 11 is 6.36. The number of likely N-dealkylation sites (N-methyl/N-ethyl adjacent to an activating group) is 1. The Morgan fingerprint density at radius 1 is 1.34 bits per heavy atom. The molecule has 0 heterocycles. The lowest BCUT2D eigenvalue weighted by atomic mass is 9.62. The molecule has 160 valence electrons. The average Bonchev–Trinajstić information content (AvgIpc) is 2.68. The summed E-state index contributed by atoms with van der Waals surface area (Å²) in [5, 5.41) is 3.78. The van der Waals surface area contributed by atoms with Crippen LogP contribution < -0.4 is 5.32 Å². The van der Waals surface area contributed by atoms with Crippen LogP contribution in [0.4, 0.5) is 0 Å². The topological polar surface area (TPSA) is 32.3 Å². The number of carbonyl (C=O) groups is 1. The first kappa shape index (κ1) is 24.0. The highest BCUT2D eigenvalue weighted by molar-refractivity contribution is 6.33. The first-order valence-corrected chi connectivity index (χ1v) is 11.3. The molecule has 3 rings (SSSR count). The van der Waals surface area contributed by atoms with E-state index in [1.807, 2.05) is 24.3 Å². The number of rotatable bonds is 9. The highest BCUT2D eigenvalue weighted by atomic mass is 35.5. The summed E-state index contributed by atoms with van der Waals surface area (Å²) in [6.45, 7) is 6.49. The third-order valence-electron chi connectivity index (χ3n) is 6.71. The van der Waals surface area contributed by atoms with Gasteiger partial charge in [-0.1, -0.05) is 56.9 Å². The molecular weight excluding hydrogens is 380 g/mol. The fourth-order valence-electron chi connectivity index (χ4n) is 5.20. The number of hydrogen-bond donors (Lipinski definition) is 1. The minimum Gasteiger partial charge on any atom is -0.351 e. The van der Waals surface area contributed by atoms with Gasteiger partial charge in [-0.15, -0.1) is 6.58 Å². The molecule has 2 radical (unpaired) electrons. The second kappa shape index (κ2) is 11.2. The summed E-state index contributed by atoms with van der Waals surface area (Å²) in [4.78, 5) is 15.1. The summed E-state index contributed by atoms with van der Waals surface area (Å²) < 4.78 is 0. The molecule has 1 N–H and O–H groups in total. The van der Waals surface area contributed by atoms with Crippen LogP contribution in [0, 0.1) is 18.8 Å². The van der Waals surface area contributed by atoms with Crippen molar-refractivity contribution in [1.29, 1.82) is 0 Å². The van der Waals surface area contributed by atoms with Gasteiger partial charge in [-0.25, -0.2) is 0 Å². The number of amides is 1. The van der Waals surface area contributed by atoms with Crippen LogP contribution >= 0.6 is 11.6 Å². The van der Waals surface area contributed by atoms with E-state index in [-0.39, 0.29) is 13.3 Å². The van der Waals surface area contributed by atoms with Crippen molar-refractivity contribution < 1.29 is 4.79 Å². The number of nitrogens with one attached hydrogen (secondary N) is 1. The number of carbonyl (C=O) groups excluding carboxylic acids is 1. The normalized spacial score (nSPS) is 23.3. The molecule has 0 spiro atoms. The van der Waals surface area contributed by atoms with Crippen molar-refractivity contribution in [2.24, 2.45) is 11.3 Å². The Hall–Kier alpha value is -1.32. The van der Waals surface area contributed by atoms with Gasteiger partial charge in [0.25, 0.3) is 5.91 Å². The van der Waals surface area contributed by atoms with E-state index in [0.717, 1.165) is 38.4 Å². The van der Waals surface area contributed by atoms with Crippen molar-refractivity contribution in [3.63, 3.8) is 0 Å². The van der Waals surface area contributed by atoms with Crippen LogP contribution in [0.2, 0.25) is 5.02 Å². The lowest BCUT2D eigenvalue weighted by molar-refractivity contribution is 0.0681. The molecule has 0 aliphatic heterocycles. The van der Waals surface area contributed by atoms with E-state index in [0.29, 0.717) is 16.0 Å². The first-order chi connectivity index (χ1) is 13.5. The number of benzene rings is 1. The third kappa shape index (κ3) is 6.58. The Bertz CT molecular complexity index is 677. The molecule has 2 aliphatic carbocycles. The van der Waals surface area contributed by atoms with Gasteiger partial charge in [-0.3, -0.25) is 4.79 Å². The molecule has 3 nitrogen and oxygen atoms in total. The maximum Gasteiger partial charge on any atom is 0.252 e. The van der Waals surface area contributed by atoms with Crippen molar-refractivity contribution in [3.8, 4) is 0 Å². The summed E-state index contributed by atoms with van der Waals surface area (Å²) in [6, 6.07) is 5.89. The maximum atomic E-state index is 12.9. The second-order valence-corrected chi connectivity index (χ2v) is 9.41. The lowest BCUT2D eigenvalue weighted by Crippen LogP contribution is -2.43. The Morgan fingerprint density at radius 3 is 2.76 bits per heavy atom. The summed E-state index contributed by atoms with van der Waals surface area (Å²) in [7, 11) is 2.10. The number of halogens is 1. The maximum absolute atomic E-state index is 12.9. The minimum atomic E-state index is -0.0160. The molecule has 1 aromatic rings. The van der Waals surface area contributed by atoms with Crippen LogP contribution in [0.15, 0.2) is 30.9 Å². The van der Waals surface area contributed by atoms with Crippen LogP contribution in [0.25, 0.3) is 0 Å². The van der Waals surface area contributed by atoms with Crippen LogP contribution in [-0.2, 0) is 6.42 Å². The standard InChI is InChI=1S/C24H35ClN2O.CH2/c1-3-14-27(2)15-6-9-19-10-11-22(25)21(16-19)23(28)26-18-24-12-4-7-20(17-24)8-5-13-24;/h3,10-11,16,20H,1,4-9,12-15,17-18H2,2H3,(H,26,28);1H2. The average molecular weight is 417 g/mol. The van der Waals surface area contributed by atoms with E-state index >= 15 is 0 Å². The fraction of sp³-hybridized carbons (Fsp3) is 0.600. The molecule has 29 heavy (non-hydrogen) atoms. The first-order valence-electron chi connectivity index (χ1n) is 10.9. The van der Waals surface area contributed by atoms with Crippen molar-refractivity contribution in [2.45, 2.75) is 57.8 Å². The second-order valence-electron chi connectivity index (χ2n) is 9.01. The van der Waals surface area contributed by atoms with E-state index < -0.39 is 0 Å². The van der Waals surface area contributed by atoms with Gasteiger partial charge in [0.05, 0.1) is 10.6 Å². The van der Waals surface area contributed by atoms with Gasteiger partial charge in [-0.2, -0.15) is 0 Å². The van der Waals surface area contributed by atoms with Crippen molar-refractivity contribution in [1.82, 2.24) is 10.2 Å². The molecule has 1 aromatic carbocycles. The van der Waals surface area contributed by atoms with Gasteiger partial charge < -0.3 is 10.2 Å². The van der Waals surface area contributed by atoms with Crippen molar-refractivity contribution >= 4 is 17.5 Å². The summed E-state index contributed by atoms with van der Waals surface area (Å²) in [5.41, 5.74) is 2.13. The molecule has 2 saturated carbocycles. The quantitative estimate of drug-likeness (QED) is 0.515. The Labute approximate surface area is 182 Å². The minimum absolute atomic E-state index is 0. The monoisotopic (exact) mass is 416 g/mol. The van der Waals surface area contributed by atoms with Crippen LogP contribution in [0.5, 0.6) is 0 Å². The predicted molar refractivity (Wildman–Crippen MR) is 123 cm³/mol. The molecule has 0 saturated heterocycles. The van der Waals surface area contributed by atoms with E-state index in [9.17, 15) is 4.79 Å². The van der Waals surface area contributed by atoms with Gasteiger partial charge in [0.2, 0.25) is 0 Å². The summed E-state index contributed by atoms with van der Waals surface area (Å²) in [6.07, 6.45) is 13.1. The van der Waals surface area contributed by atoms with Crippen molar-refractivity contribution in [3.05, 3.63) is 54.4 Å². The SMILES string of the molecule is C=CCN(C)CCCc1ccc(Cl)c(C(=O)NCC23CCCC(CCC2)C3)c1.[CH2]. The molecular formula is C25H37ClN2O. The summed E-state index contributed by atoms with van der Waals surface area (Å²) in [5.74, 6) is 0.864. The van der Waals surface area contributed by atoms with Crippen molar-refractivity contribution in [2.75, 3.05) is 26.7 Å². The lowest BCUT2D eigenvalue weighted by Gasteiger charge is -2.45. The fourth-order valence-corrected chi connectivity index (χ4v) is 5.40. The highest BCUT2D eigenvalue weighted by Gasteiger charge is 2.39. The zero-order valence-electron chi connectivity index (χ0n) is 18.0. The highest BCUT2D eigenvalue weighted by Crippen LogP contribution is 2.48. The van der Waals surface area contributed by atoms with Crippen LogP contribution in [-0.4, -0.2) is 37.5 Å². The van der Waals surface area contributed by atoms with Gasteiger partial charge in [0.1, 0.15) is 0 Å². The Balaban J connectivity index is 0.00000300. The zero-order valence-corrected chi connectivity index (χ0v) is 18.8. The van der Waals surface area contributed by atoms with E-state index in [2.05, 4.69) is 23.8 Å². The smallest absolute Gasteiger partial charge is 0.252 e. The number of nitrogens with zero attached hydrogens (tertiary/aromatic N) is 1. The van der Waals surface area contributed by atoms with E-state index in [4.69, 9.17) is 11.6 Å². The Kier molecular flexibility index (Phi) is 9.23. The van der Waals surface area contributed by atoms with Gasteiger partial charge in [0.15, 0.2) is 0 Å². The molecule has 0 unspecified atom stereocenters. The third-order valence-corrected chi connectivity index (χ3v) is 7.04. The molecule has 2 bridgehead atoms. The van der Waals surface area contributed by atoms with Crippen LogP contribution in [0.3, 0.4) is 0 Å². The van der Waals surface area contributed by atoms with Gasteiger partial charge >= 0.3 is 0 Å². The molecule has 0 aromatic heterocycles. The largest absolute Gasteiger partial charge is 0.351 e. The van der Waals surface area contributed by atoms with Gasteiger partial charge in [0, 0.05) is 13.1 Å². The number of hydrogen-bond acceptors (Lipinski definition) is 2. The number of fused-ring (bicyclic) bond motifs is 2. The van der Waals surface area contributed by atoms with Crippen LogP contribution in [0.1, 0.15) is 67.3 Å².